The molecule has 132 valence electrons. The first-order chi connectivity index (χ1) is 11.3. The van der Waals surface area contributed by atoms with E-state index in [2.05, 4.69) is 0 Å². The molecule has 1 fully saturated rings. The number of carboxylic acid groups (broad SMARTS) is 1. The fraction of sp³-hybridized carbons (Fsp3) is 0.529. The largest absolute Gasteiger partial charge is 0.480 e. The van der Waals surface area contributed by atoms with E-state index in [9.17, 15) is 9.59 Å². The minimum atomic E-state index is -0.886. The number of benzene rings is 1. The molecule has 0 radical (unpaired) electrons. The van der Waals surface area contributed by atoms with Crippen molar-refractivity contribution in [2.24, 2.45) is 0 Å². The molecule has 1 unspecified atom stereocenters. The minimum Gasteiger partial charge on any atom is -0.480 e. The Kier molecular flexibility index (Phi) is 6.21. The highest BCUT2D eigenvalue weighted by Gasteiger charge is 2.27. The number of aliphatic carboxylic acids is 1. The molecule has 1 aliphatic rings. The standard InChI is InChI=1S/C17H23ClN2O4/c1-11-6-14(15(18)7-12(11)2)17(23)20-4-5-24-13(9-20)8-19(3)10-16(21)22/h6-7,13H,4-5,8-10H2,1-3H3,(H,21,22). The summed E-state index contributed by atoms with van der Waals surface area (Å²) in [6, 6.07) is 3.63. The molecule has 1 aliphatic heterocycles. The maximum absolute atomic E-state index is 12.8. The van der Waals surface area contributed by atoms with E-state index in [1.807, 2.05) is 26.0 Å². The average Bonchev–Trinajstić information content (AvgIpc) is 2.49. The van der Waals surface area contributed by atoms with E-state index < -0.39 is 5.97 Å². The Labute approximate surface area is 146 Å². The molecule has 1 N–H and O–H groups in total. The first-order valence-corrected chi connectivity index (χ1v) is 8.23. The van der Waals surface area contributed by atoms with Crippen molar-refractivity contribution in [1.29, 1.82) is 0 Å². The molecule has 7 heteroatoms. The van der Waals surface area contributed by atoms with Crippen molar-refractivity contribution in [1.82, 2.24) is 9.80 Å². The van der Waals surface area contributed by atoms with Gasteiger partial charge in [-0.2, -0.15) is 0 Å². The summed E-state index contributed by atoms with van der Waals surface area (Å²) in [6.07, 6.45) is -0.211. The summed E-state index contributed by atoms with van der Waals surface area (Å²) in [5.41, 5.74) is 2.57. The van der Waals surface area contributed by atoms with Crippen molar-refractivity contribution in [3.8, 4) is 0 Å². The van der Waals surface area contributed by atoms with Crippen LogP contribution < -0.4 is 0 Å². The molecule has 1 heterocycles. The van der Waals surface area contributed by atoms with E-state index in [4.69, 9.17) is 21.4 Å². The van der Waals surface area contributed by atoms with Crippen molar-refractivity contribution < 1.29 is 19.4 Å². The zero-order valence-electron chi connectivity index (χ0n) is 14.2. The third-order valence-electron chi connectivity index (χ3n) is 4.16. The van der Waals surface area contributed by atoms with Crippen molar-refractivity contribution >= 4 is 23.5 Å². The number of carbonyl (C=O) groups excluding carboxylic acids is 1. The van der Waals surface area contributed by atoms with Crippen LogP contribution in [0.15, 0.2) is 12.1 Å². The Morgan fingerprint density at radius 1 is 1.38 bits per heavy atom. The number of morpholine rings is 1. The molecule has 1 atom stereocenters. The maximum atomic E-state index is 12.8. The van der Waals surface area contributed by atoms with Gasteiger partial charge in [-0.25, -0.2) is 0 Å². The quantitative estimate of drug-likeness (QED) is 0.873. The molecule has 6 nitrogen and oxygen atoms in total. The first-order valence-electron chi connectivity index (χ1n) is 7.86. The van der Waals surface area contributed by atoms with Crippen LogP contribution in [0.3, 0.4) is 0 Å². The molecule has 0 aromatic heterocycles. The second-order valence-corrected chi connectivity index (χ2v) is 6.66. The van der Waals surface area contributed by atoms with Crippen LogP contribution in [0, 0.1) is 13.8 Å². The zero-order chi connectivity index (χ0) is 17.9. The summed E-state index contributed by atoms with van der Waals surface area (Å²) < 4.78 is 5.66. The van der Waals surface area contributed by atoms with Gasteiger partial charge in [-0.15, -0.1) is 0 Å². The third kappa shape index (κ3) is 4.69. The fourth-order valence-corrected chi connectivity index (χ4v) is 3.07. The smallest absolute Gasteiger partial charge is 0.317 e. The highest BCUT2D eigenvalue weighted by Crippen LogP contribution is 2.23. The lowest BCUT2D eigenvalue weighted by Crippen LogP contribution is -2.49. The number of rotatable bonds is 5. The lowest BCUT2D eigenvalue weighted by atomic mass is 10.0. The lowest BCUT2D eigenvalue weighted by Gasteiger charge is -2.34. The molecule has 0 bridgehead atoms. The van der Waals surface area contributed by atoms with Crippen LogP contribution in [0.4, 0.5) is 0 Å². The molecule has 1 aromatic rings. The van der Waals surface area contributed by atoms with Crippen LogP contribution in [0.5, 0.6) is 0 Å². The van der Waals surface area contributed by atoms with Gasteiger partial charge in [0.25, 0.3) is 5.91 Å². The molecule has 0 aliphatic carbocycles. The highest BCUT2D eigenvalue weighted by atomic mass is 35.5. The Morgan fingerprint density at radius 2 is 2.04 bits per heavy atom. The summed E-state index contributed by atoms with van der Waals surface area (Å²) in [4.78, 5) is 26.9. The third-order valence-corrected chi connectivity index (χ3v) is 4.47. The Morgan fingerprint density at radius 3 is 2.71 bits per heavy atom. The SMILES string of the molecule is Cc1cc(Cl)c(C(=O)N2CCOC(CN(C)CC(=O)O)C2)cc1C. The van der Waals surface area contributed by atoms with Crippen LogP contribution in [0.25, 0.3) is 0 Å². The molecule has 0 spiro atoms. The van der Waals surface area contributed by atoms with Crippen molar-refractivity contribution in [2.45, 2.75) is 20.0 Å². The topological polar surface area (TPSA) is 70.1 Å². The van der Waals surface area contributed by atoms with Gasteiger partial charge in [0, 0.05) is 19.6 Å². The molecule has 2 rings (SSSR count). The predicted molar refractivity (Wildman–Crippen MR) is 91.7 cm³/mol. The number of hydrogen-bond acceptors (Lipinski definition) is 4. The first kappa shape index (κ1) is 18.7. The van der Waals surface area contributed by atoms with Gasteiger partial charge in [0.15, 0.2) is 0 Å². The number of carbonyl (C=O) groups is 2. The number of halogens is 1. The summed E-state index contributed by atoms with van der Waals surface area (Å²) in [5.74, 6) is -1.000. The van der Waals surface area contributed by atoms with Crippen molar-refractivity contribution in [2.75, 3.05) is 39.8 Å². The van der Waals surface area contributed by atoms with E-state index in [1.54, 1.807) is 16.8 Å². The summed E-state index contributed by atoms with van der Waals surface area (Å²) in [5, 5.41) is 9.27. The van der Waals surface area contributed by atoms with E-state index in [0.29, 0.717) is 36.8 Å². The number of amides is 1. The molecule has 1 aromatic carbocycles. The van der Waals surface area contributed by atoms with Gasteiger partial charge in [-0.3, -0.25) is 14.5 Å². The van der Waals surface area contributed by atoms with Crippen LogP contribution in [-0.2, 0) is 9.53 Å². The van der Waals surface area contributed by atoms with Crippen LogP contribution in [-0.4, -0.2) is 72.7 Å². The maximum Gasteiger partial charge on any atom is 0.317 e. The zero-order valence-corrected chi connectivity index (χ0v) is 15.0. The molecule has 24 heavy (non-hydrogen) atoms. The van der Waals surface area contributed by atoms with Crippen molar-refractivity contribution in [3.63, 3.8) is 0 Å². The van der Waals surface area contributed by atoms with Gasteiger partial charge < -0.3 is 14.7 Å². The van der Waals surface area contributed by atoms with Gasteiger partial charge in [-0.05, 0) is 44.2 Å². The van der Waals surface area contributed by atoms with Crippen LogP contribution in [0.1, 0.15) is 21.5 Å². The van der Waals surface area contributed by atoms with Gasteiger partial charge in [0.05, 0.1) is 29.8 Å². The number of likely N-dealkylation sites (N-methyl/N-ethyl adjacent to an activating group) is 1. The molecule has 1 amide bonds. The van der Waals surface area contributed by atoms with Gasteiger partial charge in [0.1, 0.15) is 0 Å². The molecular weight excluding hydrogens is 332 g/mol. The number of ether oxygens (including phenoxy) is 1. The monoisotopic (exact) mass is 354 g/mol. The number of aryl methyl sites for hydroxylation is 2. The average molecular weight is 355 g/mol. The van der Waals surface area contributed by atoms with E-state index >= 15 is 0 Å². The lowest BCUT2D eigenvalue weighted by molar-refractivity contribution is -0.138. The predicted octanol–water partition coefficient (Wildman–Crippen LogP) is 1.81. The van der Waals surface area contributed by atoms with Crippen LogP contribution in [0.2, 0.25) is 5.02 Å². The number of carboxylic acids is 1. The second-order valence-electron chi connectivity index (χ2n) is 6.25. The summed E-state index contributed by atoms with van der Waals surface area (Å²) in [6.45, 7) is 5.66. The van der Waals surface area contributed by atoms with Gasteiger partial charge >= 0.3 is 5.97 Å². The Hall–Kier alpha value is -1.63. The molecule has 1 saturated heterocycles. The van der Waals surface area contributed by atoms with Crippen LogP contribution >= 0.6 is 11.6 Å². The normalized spacial score (nSPS) is 18.0. The Balaban J connectivity index is 2.05. The molecular formula is C17H23ClN2O4. The van der Waals surface area contributed by atoms with Gasteiger partial charge in [-0.1, -0.05) is 11.6 Å². The van der Waals surface area contributed by atoms with Crippen molar-refractivity contribution in [3.05, 3.63) is 33.8 Å². The summed E-state index contributed by atoms with van der Waals surface area (Å²) >= 11 is 6.24. The van der Waals surface area contributed by atoms with Gasteiger partial charge in [0.2, 0.25) is 0 Å². The summed E-state index contributed by atoms with van der Waals surface area (Å²) in [7, 11) is 1.72. The Bertz CT molecular complexity index is 635. The fourth-order valence-electron chi connectivity index (χ4n) is 2.77. The molecule has 0 saturated carbocycles. The number of nitrogens with zero attached hydrogens (tertiary/aromatic N) is 2. The number of hydrogen-bond donors (Lipinski definition) is 1. The van der Waals surface area contributed by atoms with E-state index in [1.165, 1.54) is 0 Å². The second kappa shape index (κ2) is 7.96. The van der Waals surface area contributed by atoms with E-state index in [0.717, 1.165) is 11.1 Å². The highest BCUT2D eigenvalue weighted by molar-refractivity contribution is 6.34. The minimum absolute atomic E-state index is 0.0587. The van der Waals surface area contributed by atoms with E-state index in [-0.39, 0.29) is 18.6 Å².